The fourth-order valence-corrected chi connectivity index (χ4v) is 5.30. The Kier molecular flexibility index (Phi) is 6.14. The van der Waals surface area contributed by atoms with Gasteiger partial charge in [-0.25, -0.2) is 9.50 Å². The van der Waals surface area contributed by atoms with Crippen LogP contribution in [0, 0.1) is 6.92 Å². The van der Waals surface area contributed by atoms with E-state index < -0.39 is 24.2 Å². The Morgan fingerprint density at radius 2 is 1.95 bits per heavy atom. The van der Waals surface area contributed by atoms with Gasteiger partial charge >= 0.3 is 6.29 Å². The molecule has 2 aromatic carbocycles. The number of aliphatic hydroxyl groups excluding tert-OH is 1. The van der Waals surface area contributed by atoms with Gasteiger partial charge in [-0.1, -0.05) is 18.2 Å². The van der Waals surface area contributed by atoms with Crippen LogP contribution in [0.25, 0.3) is 5.65 Å². The van der Waals surface area contributed by atoms with Gasteiger partial charge in [0.25, 0.3) is 11.8 Å². The zero-order chi connectivity index (χ0) is 28.2. The van der Waals surface area contributed by atoms with E-state index in [9.17, 15) is 23.5 Å². The Hall–Kier alpha value is -4.58. The highest BCUT2D eigenvalue weighted by Gasteiger charge is 2.43. The quantitative estimate of drug-likeness (QED) is 0.334. The second kappa shape index (κ2) is 9.56. The lowest BCUT2D eigenvalue weighted by atomic mass is 9.95. The Morgan fingerprint density at radius 3 is 2.75 bits per heavy atom. The molecule has 206 valence electrons. The molecule has 2 aliphatic rings. The molecule has 1 aliphatic carbocycles. The summed E-state index contributed by atoms with van der Waals surface area (Å²) in [6.07, 6.45) is -1.36. The fraction of sp³-hybridized carbons (Fsp3) is 0.286. The summed E-state index contributed by atoms with van der Waals surface area (Å²) in [5.41, 5.74) is 4.96. The van der Waals surface area contributed by atoms with Crippen LogP contribution >= 0.6 is 0 Å². The lowest BCUT2D eigenvalue weighted by molar-refractivity contribution is -0.286. The number of carbonyl (C=O) groups is 2. The molecule has 2 atom stereocenters. The molecule has 6 rings (SSSR count). The smallest absolute Gasteiger partial charge is 0.395 e. The van der Waals surface area contributed by atoms with Gasteiger partial charge in [0, 0.05) is 18.7 Å². The van der Waals surface area contributed by atoms with Crippen molar-refractivity contribution in [3.05, 3.63) is 87.9 Å². The molecular formula is C28H25F2N5O5. The number of aliphatic hydroxyl groups is 1. The van der Waals surface area contributed by atoms with Gasteiger partial charge in [0.2, 0.25) is 0 Å². The van der Waals surface area contributed by atoms with Crippen LogP contribution in [0.1, 0.15) is 74.3 Å². The van der Waals surface area contributed by atoms with Crippen molar-refractivity contribution < 1.29 is 33.0 Å². The third-order valence-corrected chi connectivity index (χ3v) is 7.23. The normalized spacial score (nSPS) is 17.5. The van der Waals surface area contributed by atoms with Gasteiger partial charge < -0.3 is 25.2 Å². The number of rotatable bonds is 6. The highest BCUT2D eigenvalue weighted by atomic mass is 19.3. The predicted octanol–water partition coefficient (Wildman–Crippen LogP) is 3.76. The van der Waals surface area contributed by atoms with Crippen LogP contribution in [0.3, 0.4) is 0 Å². The highest BCUT2D eigenvalue weighted by molar-refractivity contribution is 5.98. The Bertz CT molecular complexity index is 1670. The van der Waals surface area contributed by atoms with Gasteiger partial charge in [-0.15, -0.1) is 8.78 Å². The van der Waals surface area contributed by atoms with E-state index in [2.05, 4.69) is 30.2 Å². The predicted molar refractivity (Wildman–Crippen MR) is 137 cm³/mol. The van der Waals surface area contributed by atoms with E-state index in [4.69, 9.17) is 0 Å². The summed E-state index contributed by atoms with van der Waals surface area (Å²) in [5.74, 6) is -1.20. The van der Waals surface area contributed by atoms with Gasteiger partial charge in [0.15, 0.2) is 17.1 Å². The minimum absolute atomic E-state index is 0.00134. The van der Waals surface area contributed by atoms with Crippen LogP contribution in [0.15, 0.2) is 48.7 Å². The van der Waals surface area contributed by atoms with Gasteiger partial charge in [0.05, 0.1) is 18.3 Å². The Balaban J connectivity index is 1.20. The van der Waals surface area contributed by atoms with E-state index in [1.54, 1.807) is 13.0 Å². The zero-order valence-electron chi connectivity index (χ0n) is 21.6. The summed E-state index contributed by atoms with van der Waals surface area (Å²) in [4.78, 5) is 30.7. The number of carbonyl (C=O) groups excluding carboxylic acids is 2. The van der Waals surface area contributed by atoms with Gasteiger partial charge in [0.1, 0.15) is 11.4 Å². The number of hydrogen-bond donors (Lipinski definition) is 3. The van der Waals surface area contributed by atoms with E-state index in [1.807, 2.05) is 19.1 Å². The second-order valence-corrected chi connectivity index (χ2v) is 9.85. The van der Waals surface area contributed by atoms with E-state index in [0.29, 0.717) is 17.6 Å². The minimum Gasteiger partial charge on any atom is -0.395 e. The maximum absolute atomic E-state index is 13.4. The van der Waals surface area contributed by atoms with Gasteiger partial charge in [-0.05, 0) is 66.6 Å². The number of benzene rings is 2. The molecule has 12 heteroatoms. The molecule has 0 spiro atoms. The molecule has 40 heavy (non-hydrogen) atoms. The lowest BCUT2D eigenvalue weighted by Crippen LogP contribution is -2.30. The molecule has 0 fully saturated rings. The maximum atomic E-state index is 13.4. The second-order valence-electron chi connectivity index (χ2n) is 9.85. The first kappa shape index (κ1) is 25.7. The number of amides is 2. The SMILES string of the molecule is Cc1c(C(C)O)ccc2c1CC[C@@H]2NC(=O)c1cc(C(=O)NCc2ccc3c(c2)OC(F)(F)O3)nc2ccnn12. The average Bonchev–Trinajstić information content (AvgIpc) is 3.62. The summed E-state index contributed by atoms with van der Waals surface area (Å²) in [7, 11) is 0. The molecule has 2 amide bonds. The van der Waals surface area contributed by atoms with Crippen molar-refractivity contribution in [1.29, 1.82) is 0 Å². The number of alkyl halides is 2. The van der Waals surface area contributed by atoms with Crippen molar-refractivity contribution in [1.82, 2.24) is 25.2 Å². The molecule has 0 radical (unpaired) electrons. The largest absolute Gasteiger partial charge is 0.586 e. The molecule has 0 saturated carbocycles. The summed E-state index contributed by atoms with van der Waals surface area (Å²) >= 11 is 0. The van der Waals surface area contributed by atoms with Gasteiger partial charge in [-0.3, -0.25) is 9.59 Å². The third kappa shape index (κ3) is 4.60. The van der Waals surface area contributed by atoms with Gasteiger partial charge in [-0.2, -0.15) is 5.10 Å². The molecule has 10 nitrogen and oxygen atoms in total. The highest BCUT2D eigenvalue weighted by Crippen LogP contribution is 2.41. The molecule has 4 aromatic rings. The molecule has 3 N–H and O–H groups in total. The van der Waals surface area contributed by atoms with Crippen molar-refractivity contribution in [2.24, 2.45) is 0 Å². The van der Waals surface area contributed by atoms with Crippen LogP contribution in [-0.4, -0.2) is 37.8 Å². The van der Waals surface area contributed by atoms with Crippen LogP contribution in [0.4, 0.5) is 8.78 Å². The minimum atomic E-state index is -3.73. The number of hydrogen-bond acceptors (Lipinski definition) is 7. The van der Waals surface area contributed by atoms with E-state index >= 15 is 0 Å². The van der Waals surface area contributed by atoms with Crippen LogP contribution < -0.4 is 20.1 Å². The molecule has 0 saturated heterocycles. The standard InChI is InChI=1S/C28H25F2N5O5/c1-14-17(15(2)36)4-5-19-18(14)6-7-20(19)34-27(38)22-12-21(33-25-9-10-32-35(22)25)26(37)31-13-16-3-8-23-24(11-16)40-28(29,30)39-23/h3-5,8-12,15,20,36H,6-7,13H2,1-2H3,(H,31,37)(H,34,38)/t15?,20-/m0/s1. The fourth-order valence-electron chi connectivity index (χ4n) is 5.30. The zero-order valence-corrected chi connectivity index (χ0v) is 21.6. The topological polar surface area (TPSA) is 127 Å². The number of fused-ring (bicyclic) bond motifs is 3. The van der Waals surface area contributed by atoms with E-state index in [0.717, 1.165) is 28.7 Å². The number of aromatic nitrogens is 3. The van der Waals surface area contributed by atoms with Crippen molar-refractivity contribution in [2.45, 2.75) is 51.7 Å². The van der Waals surface area contributed by atoms with Crippen LogP contribution in [-0.2, 0) is 13.0 Å². The third-order valence-electron chi connectivity index (χ3n) is 7.23. The van der Waals surface area contributed by atoms with E-state index in [-0.39, 0.29) is 35.5 Å². The molecule has 1 aliphatic heterocycles. The number of nitrogens with zero attached hydrogens (tertiary/aromatic N) is 3. The molecule has 2 aromatic heterocycles. The first-order valence-electron chi connectivity index (χ1n) is 12.7. The van der Waals surface area contributed by atoms with Crippen LogP contribution in [0.5, 0.6) is 11.5 Å². The number of ether oxygens (including phenoxy) is 2. The summed E-state index contributed by atoms with van der Waals surface area (Å²) in [5, 5.41) is 20.0. The summed E-state index contributed by atoms with van der Waals surface area (Å²) in [6, 6.07) is 10.8. The van der Waals surface area contributed by atoms with Crippen LogP contribution in [0.2, 0.25) is 0 Å². The molecular weight excluding hydrogens is 524 g/mol. The Labute approximate surface area is 226 Å². The summed E-state index contributed by atoms with van der Waals surface area (Å²) in [6.45, 7) is 3.71. The first-order chi connectivity index (χ1) is 19.1. The van der Waals surface area contributed by atoms with Crippen molar-refractivity contribution in [3.63, 3.8) is 0 Å². The van der Waals surface area contributed by atoms with Crippen molar-refractivity contribution in [2.75, 3.05) is 0 Å². The number of nitrogens with one attached hydrogen (secondary N) is 2. The monoisotopic (exact) mass is 549 g/mol. The van der Waals surface area contributed by atoms with Crippen molar-refractivity contribution in [3.8, 4) is 11.5 Å². The maximum Gasteiger partial charge on any atom is 0.586 e. The summed E-state index contributed by atoms with van der Waals surface area (Å²) < 4.78 is 36.8. The Morgan fingerprint density at radius 1 is 1.15 bits per heavy atom. The molecule has 1 unspecified atom stereocenters. The average molecular weight is 550 g/mol. The van der Waals surface area contributed by atoms with E-state index in [1.165, 1.54) is 35.0 Å². The van der Waals surface area contributed by atoms with Crippen molar-refractivity contribution >= 4 is 17.5 Å². The molecule has 0 bridgehead atoms. The lowest BCUT2D eigenvalue weighted by Gasteiger charge is -2.17. The molecule has 3 heterocycles. The first-order valence-corrected chi connectivity index (χ1v) is 12.7. The number of halogens is 2.